The lowest BCUT2D eigenvalue weighted by Gasteiger charge is -2.51. The molecule has 2 fully saturated rings. The minimum absolute atomic E-state index is 0.0638. The first-order valence-electron chi connectivity index (χ1n) is 11.2. The number of ether oxygens (including phenoxy) is 1. The Kier molecular flexibility index (Phi) is 6.80. The molecule has 1 aromatic heterocycles. The quantitative estimate of drug-likeness (QED) is 0.506. The van der Waals surface area contributed by atoms with E-state index in [4.69, 9.17) is 16.3 Å². The average Bonchev–Trinajstić information content (AvgIpc) is 3.18. The van der Waals surface area contributed by atoms with Crippen molar-refractivity contribution in [1.29, 1.82) is 0 Å². The van der Waals surface area contributed by atoms with Gasteiger partial charge < -0.3 is 10.1 Å². The number of rotatable bonds is 6. The van der Waals surface area contributed by atoms with Crippen LogP contribution in [0.2, 0.25) is 5.02 Å². The smallest absolute Gasteiger partial charge is 0.375 e. The highest BCUT2D eigenvalue weighted by Crippen LogP contribution is 2.55. The highest BCUT2D eigenvalue weighted by Gasteiger charge is 2.51. The molecular formula is C24H30ClF3N2O. The molecule has 3 aliphatic rings. The molecule has 1 N–H and O–H groups in total. The zero-order valence-corrected chi connectivity index (χ0v) is 18.4. The molecule has 1 aromatic rings. The number of aromatic nitrogens is 1. The Morgan fingerprint density at radius 2 is 2.00 bits per heavy atom. The first kappa shape index (κ1) is 22.8. The maximum Gasteiger partial charge on any atom is 0.412 e. The van der Waals surface area contributed by atoms with Gasteiger partial charge in [-0.1, -0.05) is 42.7 Å². The van der Waals surface area contributed by atoms with Gasteiger partial charge in [-0.2, -0.15) is 13.2 Å². The largest absolute Gasteiger partial charge is 0.412 e. The van der Waals surface area contributed by atoms with Gasteiger partial charge in [0.2, 0.25) is 0 Å². The second-order valence-electron chi connectivity index (χ2n) is 9.35. The van der Waals surface area contributed by atoms with Gasteiger partial charge >= 0.3 is 6.18 Å². The molecule has 4 rings (SSSR count). The zero-order valence-electron chi connectivity index (χ0n) is 17.7. The molecule has 2 heterocycles. The lowest BCUT2D eigenvalue weighted by molar-refractivity contribution is -0.139. The second-order valence-corrected chi connectivity index (χ2v) is 9.79. The summed E-state index contributed by atoms with van der Waals surface area (Å²) in [6, 6.07) is 1.88. The molecule has 1 saturated heterocycles. The van der Waals surface area contributed by atoms with Gasteiger partial charge in [-0.25, -0.2) is 0 Å². The standard InChI is InChI=1S/C24H30ClF3N2O/c25-21-12-18(15-30-16-21)14-29-10-8-22(9-11-31-23(17-22)6-1-2-7-23)19-4-3-5-20(13-19)24(26,27)28/h3-5,12,15-16,19,29H,1-2,6-11,13-14,17H2/t19?,22-/m1/s1. The number of nitrogens with one attached hydrogen (secondary N) is 1. The molecular weight excluding hydrogens is 425 g/mol. The fourth-order valence-corrected chi connectivity index (χ4v) is 5.94. The number of nitrogens with zero attached hydrogens (tertiary/aromatic N) is 1. The SMILES string of the molecule is FC(F)(F)C1=CC=CC([C@]2(CCNCc3cncc(Cl)c3)CCOC3(CCCC3)C2)C1. The Balaban J connectivity index is 1.48. The molecule has 3 nitrogen and oxygen atoms in total. The van der Waals surface area contributed by atoms with E-state index in [1.165, 1.54) is 6.08 Å². The summed E-state index contributed by atoms with van der Waals surface area (Å²) in [5.41, 5.74) is 0.247. The molecule has 0 radical (unpaired) electrons. The van der Waals surface area contributed by atoms with E-state index < -0.39 is 11.7 Å². The van der Waals surface area contributed by atoms with Crippen molar-refractivity contribution in [1.82, 2.24) is 10.3 Å². The lowest BCUT2D eigenvalue weighted by Crippen LogP contribution is -2.48. The van der Waals surface area contributed by atoms with Crippen LogP contribution in [0.3, 0.4) is 0 Å². The topological polar surface area (TPSA) is 34.2 Å². The van der Waals surface area contributed by atoms with E-state index in [-0.39, 0.29) is 23.4 Å². The highest BCUT2D eigenvalue weighted by atomic mass is 35.5. The Hall–Kier alpha value is -1.37. The van der Waals surface area contributed by atoms with E-state index in [0.29, 0.717) is 18.2 Å². The Bertz CT molecular complexity index is 832. The molecule has 31 heavy (non-hydrogen) atoms. The van der Waals surface area contributed by atoms with Crippen molar-refractivity contribution in [2.24, 2.45) is 11.3 Å². The van der Waals surface area contributed by atoms with Crippen molar-refractivity contribution in [3.63, 3.8) is 0 Å². The van der Waals surface area contributed by atoms with E-state index in [1.54, 1.807) is 18.5 Å². The van der Waals surface area contributed by atoms with Crippen molar-refractivity contribution in [2.75, 3.05) is 13.2 Å². The summed E-state index contributed by atoms with van der Waals surface area (Å²) < 4.78 is 46.7. The van der Waals surface area contributed by atoms with Gasteiger partial charge in [-0.15, -0.1) is 0 Å². The highest BCUT2D eigenvalue weighted by molar-refractivity contribution is 6.30. The molecule has 2 aliphatic carbocycles. The molecule has 1 unspecified atom stereocenters. The van der Waals surface area contributed by atoms with Crippen molar-refractivity contribution >= 4 is 11.6 Å². The summed E-state index contributed by atoms with van der Waals surface area (Å²) in [7, 11) is 0. The normalized spacial score (nSPS) is 28.1. The maximum atomic E-state index is 13.5. The van der Waals surface area contributed by atoms with Crippen LogP contribution in [0, 0.1) is 11.3 Å². The molecule has 7 heteroatoms. The summed E-state index contributed by atoms with van der Waals surface area (Å²) in [6.07, 6.45) is 10.8. The predicted molar refractivity (Wildman–Crippen MR) is 116 cm³/mol. The van der Waals surface area contributed by atoms with Crippen molar-refractivity contribution in [3.05, 3.63) is 52.8 Å². The first-order valence-corrected chi connectivity index (χ1v) is 11.6. The van der Waals surface area contributed by atoms with Gasteiger partial charge in [0.25, 0.3) is 0 Å². The molecule has 0 aromatic carbocycles. The number of pyridine rings is 1. The Morgan fingerprint density at radius 1 is 1.19 bits per heavy atom. The summed E-state index contributed by atoms with van der Waals surface area (Å²) in [5, 5.41) is 4.06. The van der Waals surface area contributed by atoms with Gasteiger partial charge in [0.05, 0.1) is 10.6 Å². The molecule has 0 bridgehead atoms. The number of alkyl halides is 3. The molecule has 2 atom stereocenters. The monoisotopic (exact) mass is 454 g/mol. The number of hydrogen-bond acceptors (Lipinski definition) is 3. The zero-order chi connectivity index (χ0) is 22.0. The fraction of sp³-hybridized carbons (Fsp3) is 0.625. The number of halogens is 4. The van der Waals surface area contributed by atoms with Gasteiger partial charge in [0, 0.05) is 31.1 Å². The van der Waals surface area contributed by atoms with E-state index in [9.17, 15) is 13.2 Å². The number of allylic oxidation sites excluding steroid dienone is 4. The fourth-order valence-electron chi connectivity index (χ4n) is 5.74. The minimum atomic E-state index is -4.27. The maximum absolute atomic E-state index is 13.5. The molecule has 0 amide bonds. The van der Waals surface area contributed by atoms with Crippen molar-refractivity contribution in [3.8, 4) is 0 Å². The van der Waals surface area contributed by atoms with Crippen LogP contribution >= 0.6 is 11.6 Å². The van der Waals surface area contributed by atoms with Crippen molar-refractivity contribution < 1.29 is 17.9 Å². The summed E-state index contributed by atoms with van der Waals surface area (Å²) in [4.78, 5) is 4.11. The Labute approximate surface area is 187 Å². The second kappa shape index (κ2) is 9.24. The number of hydrogen-bond donors (Lipinski definition) is 1. The van der Waals surface area contributed by atoms with Gasteiger partial charge in [0.15, 0.2) is 0 Å². The van der Waals surface area contributed by atoms with Crippen LogP contribution in [0.5, 0.6) is 0 Å². The third-order valence-electron chi connectivity index (χ3n) is 7.32. The Morgan fingerprint density at radius 3 is 2.74 bits per heavy atom. The van der Waals surface area contributed by atoms with Gasteiger partial charge in [0.1, 0.15) is 0 Å². The van der Waals surface area contributed by atoms with E-state index in [1.807, 2.05) is 12.1 Å². The third-order valence-corrected chi connectivity index (χ3v) is 7.53. The van der Waals surface area contributed by atoms with Crippen LogP contribution in [0.15, 0.2) is 42.3 Å². The summed E-state index contributed by atoms with van der Waals surface area (Å²) in [6.45, 7) is 2.01. The molecule has 1 saturated carbocycles. The van der Waals surface area contributed by atoms with Crippen LogP contribution in [0.1, 0.15) is 56.9 Å². The van der Waals surface area contributed by atoms with Gasteiger partial charge in [-0.3, -0.25) is 4.98 Å². The van der Waals surface area contributed by atoms with Crippen LogP contribution < -0.4 is 5.32 Å². The molecule has 170 valence electrons. The van der Waals surface area contributed by atoms with Crippen LogP contribution in [-0.4, -0.2) is 29.9 Å². The minimum Gasteiger partial charge on any atom is -0.375 e. The summed E-state index contributed by atoms with van der Waals surface area (Å²) in [5.74, 6) is -0.120. The van der Waals surface area contributed by atoms with Crippen LogP contribution in [0.25, 0.3) is 0 Å². The van der Waals surface area contributed by atoms with Crippen LogP contribution in [-0.2, 0) is 11.3 Å². The van der Waals surface area contributed by atoms with Crippen LogP contribution in [0.4, 0.5) is 13.2 Å². The third kappa shape index (κ3) is 5.35. The van der Waals surface area contributed by atoms with E-state index in [0.717, 1.165) is 57.1 Å². The first-order chi connectivity index (χ1) is 14.8. The average molecular weight is 455 g/mol. The predicted octanol–water partition coefficient (Wildman–Crippen LogP) is 6.39. The van der Waals surface area contributed by atoms with Gasteiger partial charge in [-0.05, 0) is 68.0 Å². The molecule has 1 aliphatic heterocycles. The van der Waals surface area contributed by atoms with Crippen molar-refractivity contribution in [2.45, 2.75) is 69.7 Å². The molecule has 1 spiro atoms. The van der Waals surface area contributed by atoms with E-state index >= 15 is 0 Å². The summed E-state index contributed by atoms with van der Waals surface area (Å²) >= 11 is 6.01. The lowest BCUT2D eigenvalue weighted by atomic mass is 9.60. The van der Waals surface area contributed by atoms with E-state index in [2.05, 4.69) is 10.3 Å².